The van der Waals surface area contributed by atoms with Crippen LogP contribution in [0, 0.1) is 0 Å². The Kier molecular flexibility index (Phi) is 6.64. The van der Waals surface area contributed by atoms with Crippen molar-refractivity contribution in [2.24, 2.45) is 0 Å². The van der Waals surface area contributed by atoms with Crippen LogP contribution in [0.1, 0.15) is 36.7 Å². The second-order valence-electron chi connectivity index (χ2n) is 4.32. The van der Waals surface area contributed by atoms with Crippen LogP contribution < -0.4 is 5.32 Å². The predicted molar refractivity (Wildman–Crippen MR) is 80.8 cm³/mol. The monoisotopic (exact) mass is 279 g/mol. The fraction of sp³-hybridized carbons (Fsp3) is 0.467. The average molecular weight is 279 g/mol. The number of Topliss-reactive ketones (excluding diaryl/α,β-unsaturated/α-hetero) is 1. The number of amides is 1. The summed E-state index contributed by atoms with van der Waals surface area (Å²) in [6, 6.07) is 7.69. The van der Waals surface area contributed by atoms with Crippen molar-refractivity contribution in [3.05, 3.63) is 35.4 Å². The van der Waals surface area contributed by atoms with Crippen molar-refractivity contribution in [1.29, 1.82) is 0 Å². The van der Waals surface area contributed by atoms with E-state index in [2.05, 4.69) is 12.2 Å². The molecule has 0 spiro atoms. The first-order chi connectivity index (χ1) is 9.08. The number of rotatable bonds is 7. The van der Waals surface area contributed by atoms with Gasteiger partial charge in [-0.3, -0.25) is 9.59 Å². The van der Waals surface area contributed by atoms with E-state index in [-0.39, 0.29) is 16.9 Å². The molecule has 0 aliphatic heterocycles. The molecule has 0 aromatic heterocycles. The van der Waals surface area contributed by atoms with Gasteiger partial charge in [0.25, 0.3) is 0 Å². The van der Waals surface area contributed by atoms with Crippen molar-refractivity contribution in [2.75, 3.05) is 12.3 Å². The van der Waals surface area contributed by atoms with Crippen LogP contribution in [0.4, 0.5) is 0 Å². The number of nitrogens with one attached hydrogen (secondary N) is 1. The molecule has 0 aliphatic carbocycles. The van der Waals surface area contributed by atoms with Crippen LogP contribution in [0.5, 0.6) is 0 Å². The minimum absolute atomic E-state index is 0.0199. The van der Waals surface area contributed by atoms with Gasteiger partial charge in [0.05, 0.1) is 11.0 Å². The molecule has 1 atom stereocenters. The van der Waals surface area contributed by atoms with Gasteiger partial charge in [-0.2, -0.15) is 0 Å². The van der Waals surface area contributed by atoms with Crippen LogP contribution in [0.15, 0.2) is 24.3 Å². The topological polar surface area (TPSA) is 46.2 Å². The lowest BCUT2D eigenvalue weighted by atomic mass is 10.1. The summed E-state index contributed by atoms with van der Waals surface area (Å²) in [7, 11) is 0. The highest BCUT2D eigenvalue weighted by atomic mass is 32.2. The van der Waals surface area contributed by atoms with Crippen molar-refractivity contribution in [1.82, 2.24) is 5.32 Å². The molecule has 0 bridgehead atoms. The Hall–Kier alpha value is -1.29. The third kappa shape index (κ3) is 5.07. The summed E-state index contributed by atoms with van der Waals surface area (Å²) in [6.45, 7) is 6.44. The van der Waals surface area contributed by atoms with Gasteiger partial charge in [-0.25, -0.2) is 0 Å². The lowest BCUT2D eigenvalue weighted by molar-refractivity contribution is -0.118. The van der Waals surface area contributed by atoms with Gasteiger partial charge in [0, 0.05) is 12.1 Å². The number of aryl methyl sites for hydroxylation is 1. The van der Waals surface area contributed by atoms with Gasteiger partial charge < -0.3 is 5.32 Å². The lowest BCUT2D eigenvalue weighted by Gasteiger charge is -2.10. The molecular weight excluding hydrogens is 258 g/mol. The molecule has 0 radical (unpaired) electrons. The SMILES string of the molecule is CCNC(=O)CSC(C)C(=O)c1ccc(CC)cc1. The highest BCUT2D eigenvalue weighted by molar-refractivity contribution is 8.01. The molecule has 3 nitrogen and oxygen atoms in total. The van der Waals surface area contributed by atoms with E-state index in [0.717, 1.165) is 6.42 Å². The normalized spacial score (nSPS) is 11.9. The molecule has 0 aliphatic rings. The minimum Gasteiger partial charge on any atom is -0.356 e. The third-order valence-electron chi connectivity index (χ3n) is 2.85. The summed E-state index contributed by atoms with van der Waals surface area (Å²) >= 11 is 1.38. The second kappa shape index (κ2) is 8.00. The maximum absolute atomic E-state index is 12.2. The summed E-state index contributed by atoms with van der Waals surface area (Å²) in [6.07, 6.45) is 0.968. The van der Waals surface area contributed by atoms with E-state index in [1.54, 1.807) is 0 Å². The number of carbonyl (C=O) groups excluding carboxylic acids is 2. The molecule has 1 aromatic carbocycles. The zero-order valence-corrected chi connectivity index (χ0v) is 12.5. The van der Waals surface area contributed by atoms with Crippen LogP contribution in [0.2, 0.25) is 0 Å². The zero-order valence-electron chi connectivity index (χ0n) is 11.7. The fourth-order valence-electron chi connectivity index (χ4n) is 1.66. The Bertz CT molecular complexity index is 428. The van der Waals surface area contributed by atoms with Crippen molar-refractivity contribution in [2.45, 2.75) is 32.4 Å². The van der Waals surface area contributed by atoms with E-state index in [0.29, 0.717) is 17.9 Å². The molecule has 1 N–H and O–H groups in total. The summed E-state index contributed by atoms with van der Waals surface area (Å²) in [5.41, 5.74) is 1.94. The predicted octanol–water partition coefficient (Wildman–Crippen LogP) is 2.69. The van der Waals surface area contributed by atoms with Crippen molar-refractivity contribution >= 4 is 23.5 Å². The largest absolute Gasteiger partial charge is 0.356 e. The van der Waals surface area contributed by atoms with Gasteiger partial charge in [0.2, 0.25) is 5.91 Å². The summed E-state index contributed by atoms with van der Waals surface area (Å²) in [5.74, 6) is 0.388. The first kappa shape index (κ1) is 15.8. The minimum atomic E-state index is -0.199. The number of benzene rings is 1. The van der Waals surface area contributed by atoms with E-state index in [1.165, 1.54) is 17.3 Å². The van der Waals surface area contributed by atoms with Crippen LogP contribution in [0.3, 0.4) is 0 Å². The number of carbonyl (C=O) groups is 2. The Balaban J connectivity index is 2.53. The lowest BCUT2D eigenvalue weighted by Crippen LogP contribution is -2.26. The second-order valence-corrected chi connectivity index (χ2v) is 5.65. The quantitative estimate of drug-likeness (QED) is 0.781. The highest BCUT2D eigenvalue weighted by Gasteiger charge is 2.16. The van der Waals surface area contributed by atoms with E-state index in [9.17, 15) is 9.59 Å². The highest BCUT2D eigenvalue weighted by Crippen LogP contribution is 2.16. The smallest absolute Gasteiger partial charge is 0.230 e. The van der Waals surface area contributed by atoms with Gasteiger partial charge in [-0.15, -0.1) is 11.8 Å². The standard InChI is InChI=1S/C15H21NO2S/c1-4-12-6-8-13(9-7-12)15(18)11(3)19-10-14(17)16-5-2/h6-9,11H,4-5,10H2,1-3H3,(H,16,17). The maximum atomic E-state index is 12.2. The fourth-order valence-corrected chi connectivity index (χ4v) is 2.45. The molecule has 0 saturated carbocycles. The van der Waals surface area contributed by atoms with Crippen molar-refractivity contribution < 1.29 is 9.59 Å². The van der Waals surface area contributed by atoms with E-state index in [1.807, 2.05) is 38.1 Å². The van der Waals surface area contributed by atoms with Crippen LogP contribution in [-0.2, 0) is 11.2 Å². The van der Waals surface area contributed by atoms with Crippen LogP contribution >= 0.6 is 11.8 Å². The maximum Gasteiger partial charge on any atom is 0.230 e. The molecule has 1 rings (SSSR count). The Labute approximate surface area is 119 Å². The molecule has 19 heavy (non-hydrogen) atoms. The van der Waals surface area contributed by atoms with Gasteiger partial charge in [0.1, 0.15) is 0 Å². The average Bonchev–Trinajstić information content (AvgIpc) is 2.44. The molecule has 1 aromatic rings. The van der Waals surface area contributed by atoms with Crippen LogP contribution in [-0.4, -0.2) is 29.2 Å². The van der Waals surface area contributed by atoms with E-state index >= 15 is 0 Å². The summed E-state index contributed by atoms with van der Waals surface area (Å²) in [5, 5.41) is 2.52. The third-order valence-corrected chi connectivity index (χ3v) is 4.00. The molecule has 1 amide bonds. The Morgan fingerprint density at radius 3 is 2.37 bits per heavy atom. The first-order valence-electron chi connectivity index (χ1n) is 6.59. The Morgan fingerprint density at radius 1 is 1.21 bits per heavy atom. The molecule has 0 saturated heterocycles. The molecular formula is C15H21NO2S. The number of hydrogen-bond acceptors (Lipinski definition) is 3. The Morgan fingerprint density at radius 2 is 1.84 bits per heavy atom. The summed E-state index contributed by atoms with van der Waals surface area (Å²) < 4.78 is 0. The number of thioether (sulfide) groups is 1. The van der Waals surface area contributed by atoms with Gasteiger partial charge in [-0.1, -0.05) is 31.2 Å². The molecule has 0 heterocycles. The van der Waals surface area contributed by atoms with Crippen molar-refractivity contribution in [3.63, 3.8) is 0 Å². The van der Waals surface area contributed by atoms with Gasteiger partial charge in [-0.05, 0) is 25.8 Å². The number of ketones is 1. The zero-order chi connectivity index (χ0) is 14.3. The first-order valence-corrected chi connectivity index (χ1v) is 7.64. The molecule has 4 heteroatoms. The number of hydrogen-bond donors (Lipinski definition) is 1. The molecule has 104 valence electrons. The van der Waals surface area contributed by atoms with Gasteiger partial charge >= 0.3 is 0 Å². The van der Waals surface area contributed by atoms with Gasteiger partial charge in [0.15, 0.2) is 5.78 Å². The van der Waals surface area contributed by atoms with E-state index in [4.69, 9.17) is 0 Å². The summed E-state index contributed by atoms with van der Waals surface area (Å²) in [4.78, 5) is 23.5. The van der Waals surface area contributed by atoms with Crippen LogP contribution in [0.25, 0.3) is 0 Å². The molecule has 1 unspecified atom stereocenters. The van der Waals surface area contributed by atoms with Crippen molar-refractivity contribution in [3.8, 4) is 0 Å². The van der Waals surface area contributed by atoms with E-state index < -0.39 is 0 Å². The molecule has 0 fully saturated rings.